The van der Waals surface area contributed by atoms with Crippen LogP contribution >= 0.6 is 15.9 Å². The molecular formula is C8H6BrNO3. The maximum absolute atomic E-state index is 10.9. The molecule has 0 unspecified atom stereocenters. The normalized spacial score (nSPS) is 9.69. The summed E-state index contributed by atoms with van der Waals surface area (Å²) in [5.41, 5.74) is 1.04. The second-order valence-corrected chi connectivity index (χ2v) is 3.25. The molecule has 0 spiro atoms. The van der Waals surface area contributed by atoms with Crippen molar-refractivity contribution in [2.45, 2.75) is 6.92 Å². The van der Waals surface area contributed by atoms with Crippen molar-refractivity contribution in [1.29, 1.82) is 0 Å². The molecule has 0 fully saturated rings. The van der Waals surface area contributed by atoms with E-state index in [0.29, 0.717) is 11.1 Å². The Kier molecular flexibility index (Phi) is 2.77. The first-order valence-corrected chi connectivity index (χ1v) is 4.26. The number of benzene rings is 1. The second kappa shape index (κ2) is 3.66. The molecule has 1 aromatic carbocycles. The standard InChI is InChI=1S/C8H6BrNO3/c1-5-4-6(10(12)13)2-3-7(5)8(9)11/h2-4H,1H3. The summed E-state index contributed by atoms with van der Waals surface area (Å²) in [6.45, 7) is 1.65. The Morgan fingerprint density at radius 1 is 1.54 bits per heavy atom. The molecule has 0 saturated heterocycles. The third-order valence-electron chi connectivity index (χ3n) is 1.63. The fourth-order valence-electron chi connectivity index (χ4n) is 0.982. The van der Waals surface area contributed by atoms with Gasteiger partial charge in [-0.3, -0.25) is 14.9 Å². The van der Waals surface area contributed by atoms with Crippen molar-refractivity contribution in [2.75, 3.05) is 0 Å². The monoisotopic (exact) mass is 243 g/mol. The van der Waals surface area contributed by atoms with Crippen LogP contribution in [0.1, 0.15) is 15.9 Å². The van der Waals surface area contributed by atoms with Crippen molar-refractivity contribution in [3.8, 4) is 0 Å². The van der Waals surface area contributed by atoms with Crippen molar-refractivity contribution in [3.05, 3.63) is 39.4 Å². The zero-order valence-corrected chi connectivity index (χ0v) is 8.37. The summed E-state index contributed by atoms with van der Waals surface area (Å²) < 4.78 is -0.264. The number of hydrogen-bond acceptors (Lipinski definition) is 3. The van der Waals surface area contributed by atoms with Crippen LogP contribution in [0, 0.1) is 17.0 Å². The minimum absolute atomic E-state index is 0.00463. The smallest absolute Gasteiger partial charge is 0.269 e. The Balaban J connectivity index is 3.20. The quantitative estimate of drug-likeness (QED) is 0.456. The first-order valence-electron chi connectivity index (χ1n) is 3.47. The Bertz CT molecular complexity index is 376. The third kappa shape index (κ3) is 2.12. The minimum atomic E-state index is -0.491. The van der Waals surface area contributed by atoms with E-state index in [4.69, 9.17) is 0 Å². The predicted octanol–water partition coefficient (Wildman–Crippen LogP) is 2.44. The van der Waals surface area contributed by atoms with Gasteiger partial charge in [-0.1, -0.05) is 0 Å². The summed E-state index contributed by atoms with van der Waals surface area (Å²) in [5.74, 6) is 0. The van der Waals surface area contributed by atoms with E-state index >= 15 is 0 Å². The molecule has 1 rings (SSSR count). The topological polar surface area (TPSA) is 60.2 Å². The molecule has 0 aliphatic rings. The Morgan fingerprint density at radius 2 is 2.15 bits per heavy atom. The summed E-state index contributed by atoms with van der Waals surface area (Å²) in [5, 5.41) is 10.3. The summed E-state index contributed by atoms with van der Waals surface area (Å²) in [6, 6.07) is 4.11. The Morgan fingerprint density at radius 3 is 2.54 bits per heavy atom. The minimum Gasteiger partial charge on any atom is -0.281 e. The van der Waals surface area contributed by atoms with Gasteiger partial charge in [-0.25, -0.2) is 0 Å². The van der Waals surface area contributed by atoms with E-state index in [2.05, 4.69) is 15.9 Å². The molecule has 13 heavy (non-hydrogen) atoms. The van der Waals surface area contributed by atoms with Crippen LogP contribution in [-0.4, -0.2) is 9.62 Å². The molecule has 0 bridgehead atoms. The first-order chi connectivity index (χ1) is 6.02. The van der Waals surface area contributed by atoms with Crippen molar-refractivity contribution in [1.82, 2.24) is 0 Å². The summed E-state index contributed by atoms with van der Waals surface area (Å²) in [7, 11) is 0. The van der Waals surface area contributed by atoms with Crippen LogP contribution in [0.3, 0.4) is 0 Å². The van der Waals surface area contributed by atoms with Gasteiger partial charge in [0, 0.05) is 17.7 Å². The molecule has 5 heteroatoms. The summed E-state index contributed by atoms with van der Waals surface area (Å²) in [6.07, 6.45) is 0. The number of carbonyl (C=O) groups excluding carboxylic acids is 1. The zero-order valence-electron chi connectivity index (χ0n) is 6.78. The number of nitrogens with zero attached hydrogens (tertiary/aromatic N) is 1. The number of nitro groups is 1. The molecule has 1 aromatic rings. The lowest BCUT2D eigenvalue weighted by Gasteiger charge is -1.99. The van der Waals surface area contributed by atoms with E-state index in [1.165, 1.54) is 18.2 Å². The highest BCUT2D eigenvalue weighted by Gasteiger charge is 2.10. The Labute approximate surface area is 82.8 Å². The van der Waals surface area contributed by atoms with Gasteiger partial charge in [-0.2, -0.15) is 0 Å². The Hall–Kier alpha value is -1.23. The second-order valence-electron chi connectivity index (χ2n) is 2.53. The van der Waals surface area contributed by atoms with Gasteiger partial charge in [-0.05, 0) is 34.5 Å². The molecule has 4 nitrogen and oxygen atoms in total. The summed E-state index contributed by atoms with van der Waals surface area (Å²) in [4.78, 5) is 20.7. The molecule has 0 aliphatic carbocycles. The van der Waals surface area contributed by atoms with E-state index in [-0.39, 0.29) is 10.4 Å². The van der Waals surface area contributed by atoms with E-state index in [9.17, 15) is 14.9 Å². The van der Waals surface area contributed by atoms with Crippen LogP contribution in [0.5, 0.6) is 0 Å². The van der Waals surface area contributed by atoms with E-state index in [1.54, 1.807) is 6.92 Å². The molecule has 0 amide bonds. The molecule has 68 valence electrons. The number of non-ortho nitro benzene ring substituents is 1. The van der Waals surface area contributed by atoms with Crippen LogP contribution in [0.4, 0.5) is 5.69 Å². The van der Waals surface area contributed by atoms with Crippen LogP contribution in [0.2, 0.25) is 0 Å². The van der Waals surface area contributed by atoms with E-state index in [1.807, 2.05) is 0 Å². The van der Waals surface area contributed by atoms with Crippen LogP contribution in [0.25, 0.3) is 0 Å². The lowest BCUT2D eigenvalue weighted by atomic mass is 10.1. The highest BCUT2D eigenvalue weighted by molar-refractivity contribution is 9.18. The van der Waals surface area contributed by atoms with Crippen molar-refractivity contribution >= 4 is 26.3 Å². The van der Waals surface area contributed by atoms with Gasteiger partial charge < -0.3 is 0 Å². The molecule has 0 aliphatic heterocycles. The zero-order chi connectivity index (χ0) is 10.0. The average Bonchev–Trinajstić information content (AvgIpc) is 2.03. The summed E-state index contributed by atoms with van der Waals surface area (Å²) >= 11 is 2.79. The van der Waals surface area contributed by atoms with Crippen molar-refractivity contribution in [3.63, 3.8) is 0 Å². The molecule has 0 radical (unpaired) electrons. The van der Waals surface area contributed by atoms with Crippen LogP contribution in [-0.2, 0) is 0 Å². The van der Waals surface area contributed by atoms with Gasteiger partial charge in [0.2, 0.25) is 4.69 Å². The number of nitro benzene ring substituents is 1. The number of carbonyl (C=O) groups is 1. The van der Waals surface area contributed by atoms with Gasteiger partial charge in [0.1, 0.15) is 0 Å². The number of hydrogen-bond donors (Lipinski definition) is 0. The van der Waals surface area contributed by atoms with Crippen molar-refractivity contribution < 1.29 is 9.72 Å². The SMILES string of the molecule is Cc1cc([N+](=O)[O-])ccc1C(=O)Br. The maximum atomic E-state index is 10.9. The van der Waals surface area contributed by atoms with Gasteiger partial charge >= 0.3 is 0 Å². The molecule has 0 atom stereocenters. The fraction of sp³-hybridized carbons (Fsp3) is 0.125. The third-order valence-corrected chi connectivity index (χ3v) is 2.06. The highest BCUT2D eigenvalue weighted by atomic mass is 79.9. The maximum Gasteiger partial charge on any atom is 0.269 e. The number of rotatable bonds is 2. The molecule has 0 saturated carbocycles. The molecular weight excluding hydrogens is 238 g/mol. The average molecular weight is 244 g/mol. The highest BCUT2D eigenvalue weighted by Crippen LogP contribution is 2.18. The van der Waals surface area contributed by atoms with Crippen LogP contribution < -0.4 is 0 Å². The molecule has 0 aromatic heterocycles. The fourth-order valence-corrected chi connectivity index (χ4v) is 1.43. The van der Waals surface area contributed by atoms with E-state index in [0.717, 1.165) is 0 Å². The lowest BCUT2D eigenvalue weighted by molar-refractivity contribution is -0.384. The van der Waals surface area contributed by atoms with E-state index < -0.39 is 4.92 Å². The number of aryl methyl sites for hydroxylation is 1. The van der Waals surface area contributed by atoms with Gasteiger partial charge in [0.25, 0.3) is 5.69 Å². The van der Waals surface area contributed by atoms with Gasteiger partial charge in [0.15, 0.2) is 0 Å². The first kappa shape index (κ1) is 9.85. The predicted molar refractivity (Wildman–Crippen MR) is 51.1 cm³/mol. The number of halogens is 1. The van der Waals surface area contributed by atoms with Gasteiger partial charge in [-0.15, -0.1) is 0 Å². The lowest BCUT2D eigenvalue weighted by Crippen LogP contribution is -1.95. The van der Waals surface area contributed by atoms with Gasteiger partial charge in [0.05, 0.1) is 4.92 Å². The largest absolute Gasteiger partial charge is 0.281 e. The molecule has 0 N–H and O–H groups in total. The molecule has 0 heterocycles. The van der Waals surface area contributed by atoms with Crippen LogP contribution in [0.15, 0.2) is 18.2 Å². The van der Waals surface area contributed by atoms with Crippen molar-refractivity contribution in [2.24, 2.45) is 0 Å².